The van der Waals surface area contributed by atoms with Gasteiger partial charge < -0.3 is 20.0 Å². The Bertz CT molecular complexity index is 1170. The summed E-state index contributed by atoms with van der Waals surface area (Å²) in [5.41, 5.74) is 3.40. The van der Waals surface area contributed by atoms with Crippen molar-refractivity contribution in [2.45, 2.75) is 78.2 Å². The summed E-state index contributed by atoms with van der Waals surface area (Å²) in [6.45, 7) is 6.26. The smallest absolute Gasteiger partial charge is 0.242 e. The van der Waals surface area contributed by atoms with Crippen molar-refractivity contribution in [3.05, 3.63) is 66.4 Å². The third-order valence-electron chi connectivity index (χ3n) is 6.64. The van der Waals surface area contributed by atoms with Crippen LogP contribution in [-0.2, 0) is 20.8 Å². The number of para-hydroxylation sites is 2. The summed E-state index contributed by atoms with van der Waals surface area (Å²) in [6, 6.07) is 18.0. The largest absolute Gasteiger partial charge is 0.354 e. The number of nitrogens with zero attached hydrogens (tertiary/aromatic N) is 1. The third-order valence-corrected chi connectivity index (χ3v) is 6.64. The van der Waals surface area contributed by atoms with Crippen LogP contribution in [0.5, 0.6) is 0 Å². The Morgan fingerprint density at radius 1 is 0.865 bits per heavy atom. The molecule has 1 atom stereocenters. The van der Waals surface area contributed by atoms with E-state index in [2.05, 4.69) is 59.5 Å². The minimum Gasteiger partial charge on any atom is -0.354 e. The summed E-state index contributed by atoms with van der Waals surface area (Å²) in [6.07, 6.45) is 7.67. The molecule has 0 unspecified atom stereocenters. The van der Waals surface area contributed by atoms with Gasteiger partial charge in [0.15, 0.2) is 0 Å². The molecule has 0 aliphatic carbocycles. The second-order valence-corrected chi connectivity index (χ2v) is 10.3. The number of carbonyl (C=O) groups is 3. The number of benzene rings is 2. The number of ketones is 1. The number of amides is 2. The number of rotatable bonds is 15. The predicted molar refractivity (Wildman–Crippen MR) is 150 cm³/mol. The lowest BCUT2D eigenvalue weighted by atomic mass is 10.0. The van der Waals surface area contributed by atoms with Gasteiger partial charge in [0, 0.05) is 36.7 Å². The zero-order valence-electron chi connectivity index (χ0n) is 22.5. The first-order valence-corrected chi connectivity index (χ1v) is 13.6. The molecule has 0 fully saturated rings. The standard InChI is InChI=1S/C31H41N3O3/c1-23(2)18-19-30(36)33-28(16-9-4-6-12-24(3)35)31(37)32-21-20-25-22-34(26-13-7-5-8-14-26)29-17-11-10-15-27(25)29/h5,7-8,10-11,13-15,17,22-23,28H,4,6,9,12,16,18-21H2,1-3H3,(H,32,37)(H,33,36)/t28-/m0/s1. The van der Waals surface area contributed by atoms with Gasteiger partial charge in [-0.2, -0.15) is 0 Å². The topological polar surface area (TPSA) is 80.2 Å². The van der Waals surface area contributed by atoms with Gasteiger partial charge in [-0.05, 0) is 62.3 Å². The minimum absolute atomic E-state index is 0.0801. The van der Waals surface area contributed by atoms with Crippen molar-refractivity contribution in [2.24, 2.45) is 5.92 Å². The van der Waals surface area contributed by atoms with Crippen LogP contribution in [-0.4, -0.2) is 34.8 Å². The fraction of sp³-hybridized carbons (Fsp3) is 0.452. The Morgan fingerprint density at radius 2 is 1.59 bits per heavy atom. The number of carbonyl (C=O) groups excluding carboxylic acids is 3. The molecule has 6 heteroatoms. The summed E-state index contributed by atoms with van der Waals surface area (Å²) in [5.74, 6) is 0.396. The zero-order chi connectivity index (χ0) is 26.6. The number of fused-ring (bicyclic) bond motifs is 1. The Morgan fingerprint density at radius 3 is 2.32 bits per heavy atom. The lowest BCUT2D eigenvalue weighted by molar-refractivity contribution is -0.129. The molecule has 198 valence electrons. The van der Waals surface area contributed by atoms with Crippen LogP contribution in [0.2, 0.25) is 0 Å². The maximum atomic E-state index is 13.1. The van der Waals surface area contributed by atoms with E-state index < -0.39 is 6.04 Å². The van der Waals surface area contributed by atoms with Crippen LogP contribution in [0.15, 0.2) is 60.8 Å². The van der Waals surface area contributed by atoms with Crippen molar-refractivity contribution in [1.29, 1.82) is 0 Å². The highest BCUT2D eigenvalue weighted by Crippen LogP contribution is 2.25. The Kier molecular flexibility index (Phi) is 10.9. The molecular weight excluding hydrogens is 462 g/mol. The summed E-state index contributed by atoms with van der Waals surface area (Å²) in [7, 11) is 0. The van der Waals surface area contributed by atoms with Gasteiger partial charge in [-0.3, -0.25) is 9.59 Å². The normalized spacial score (nSPS) is 12.0. The van der Waals surface area contributed by atoms with Gasteiger partial charge in [-0.25, -0.2) is 0 Å². The first-order valence-electron chi connectivity index (χ1n) is 13.6. The molecule has 3 aromatic rings. The molecule has 0 bridgehead atoms. The monoisotopic (exact) mass is 503 g/mol. The predicted octanol–water partition coefficient (Wildman–Crippen LogP) is 5.75. The number of aromatic nitrogens is 1. The van der Waals surface area contributed by atoms with Crippen molar-refractivity contribution in [3.63, 3.8) is 0 Å². The number of hydrogen-bond donors (Lipinski definition) is 2. The molecule has 3 rings (SSSR count). The highest BCUT2D eigenvalue weighted by atomic mass is 16.2. The molecule has 0 spiro atoms. The van der Waals surface area contributed by atoms with Crippen LogP contribution in [0.25, 0.3) is 16.6 Å². The quantitative estimate of drug-likeness (QED) is 0.259. The van der Waals surface area contributed by atoms with E-state index in [1.165, 1.54) is 10.9 Å². The van der Waals surface area contributed by atoms with Gasteiger partial charge in [-0.1, -0.05) is 63.1 Å². The van der Waals surface area contributed by atoms with Gasteiger partial charge >= 0.3 is 0 Å². The molecule has 0 saturated carbocycles. The summed E-state index contributed by atoms with van der Waals surface area (Å²) >= 11 is 0. The van der Waals surface area contributed by atoms with E-state index in [0.29, 0.717) is 38.1 Å². The van der Waals surface area contributed by atoms with Crippen LogP contribution < -0.4 is 10.6 Å². The lowest BCUT2D eigenvalue weighted by Crippen LogP contribution is -2.47. The average molecular weight is 504 g/mol. The van der Waals surface area contributed by atoms with E-state index >= 15 is 0 Å². The molecule has 0 aliphatic heterocycles. The maximum absolute atomic E-state index is 13.1. The van der Waals surface area contributed by atoms with Crippen molar-refractivity contribution < 1.29 is 14.4 Å². The van der Waals surface area contributed by atoms with E-state index in [4.69, 9.17) is 0 Å². The zero-order valence-corrected chi connectivity index (χ0v) is 22.5. The first-order chi connectivity index (χ1) is 17.8. The van der Waals surface area contributed by atoms with Crippen LogP contribution >= 0.6 is 0 Å². The number of hydrogen-bond acceptors (Lipinski definition) is 3. The third kappa shape index (κ3) is 8.88. The second-order valence-electron chi connectivity index (χ2n) is 10.3. The van der Waals surface area contributed by atoms with Crippen molar-refractivity contribution in [1.82, 2.24) is 15.2 Å². The molecule has 2 N–H and O–H groups in total. The molecule has 2 amide bonds. The second kappa shape index (κ2) is 14.4. The summed E-state index contributed by atoms with van der Waals surface area (Å²) < 4.78 is 2.19. The molecule has 6 nitrogen and oxygen atoms in total. The number of unbranched alkanes of at least 4 members (excludes halogenated alkanes) is 2. The number of nitrogens with one attached hydrogen (secondary N) is 2. The fourth-order valence-corrected chi connectivity index (χ4v) is 4.55. The van der Waals surface area contributed by atoms with E-state index in [0.717, 1.165) is 36.9 Å². The maximum Gasteiger partial charge on any atom is 0.242 e. The van der Waals surface area contributed by atoms with Gasteiger partial charge in [0.05, 0.1) is 5.52 Å². The SMILES string of the molecule is CC(=O)CCCCC[C@H](NC(=O)CCC(C)C)C(=O)NCCc1cn(-c2ccccc2)c2ccccc12. The van der Waals surface area contributed by atoms with Gasteiger partial charge in [0.2, 0.25) is 11.8 Å². The van der Waals surface area contributed by atoms with Gasteiger partial charge in [-0.15, -0.1) is 0 Å². The first kappa shape index (κ1) is 28.2. The molecule has 0 saturated heterocycles. The van der Waals surface area contributed by atoms with E-state index in [-0.39, 0.29) is 17.6 Å². The van der Waals surface area contributed by atoms with Crippen molar-refractivity contribution in [2.75, 3.05) is 6.54 Å². The Labute approximate surface area is 220 Å². The molecular formula is C31H41N3O3. The van der Waals surface area contributed by atoms with E-state index in [9.17, 15) is 14.4 Å². The average Bonchev–Trinajstić information content (AvgIpc) is 3.25. The van der Waals surface area contributed by atoms with Crippen LogP contribution in [0, 0.1) is 5.92 Å². The van der Waals surface area contributed by atoms with E-state index in [1.807, 2.05) is 30.3 Å². The molecule has 1 heterocycles. The lowest BCUT2D eigenvalue weighted by Gasteiger charge is -2.19. The van der Waals surface area contributed by atoms with Crippen LogP contribution in [0.3, 0.4) is 0 Å². The van der Waals surface area contributed by atoms with Gasteiger partial charge in [0.25, 0.3) is 0 Å². The van der Waals surface area contributed by atoms with Crippen molar-refractivity contribution >= 4 is 28.5 Å². The molecule has 0 radical (unpaired) electrons. The highest BCUT2D eigenvalue weighted by molar-refractivity contribution is 5.88. The molecule has 2 aromatic carbocycles. The van der Waals surface area contributed by atoms with Crippen LogP contribution in [0.4, 0.5) is 0 Å². The van der Waals surface area contributed by atoms with Crippen LogP contribution in [0.1, 0.15) is 71.3 Å². The minimum atomic E-state index is -0.553. The molecule has 1 aromatic heterocycles. The highest BCUT2D eigenvalue weighted by Gasteiger charge is 2.20. The number of Topliss-reactive ketones (excluding diaryl/α,β-unsaturated/α-hetero) is 1. The summed E-state index contributed by atoms with van der Waals surface area (Å²) in [5, 5.41) is 7.18. The molecule has 37 heavy (non-hydrogen) atoms. The van der Waals surface area contributed by atoms with Crippen molar-refractivity contribution in [3.8, 4) is 5.69 Å². The summed E-state index contributed by atoms with van der Waals surface area (Å²) in [4.78, 5) is 36.8. The molecule has 0 aliphatic rings. The van der Waals surface area contributed by atoms with Gasteiger partial charge in [0.1, 0.15) is 11.8 Å². The Balaban J connectivity index is 1.61. The fourth-order valence-electron chi connectivity index (χ4n) is 4.55. The Hall–Kier alpha value is -3.41. The van der Waals surface area contributed by atoms with E-state index in [1.54, 1.807) is 6.92 Å².